The number of nitro groups is 1. The van der Waals surface area contributed by atoms with Crippen molar-refractivity contribution in [1.29, 1.82) is 0 Å². The minimum Gasteiger partial charge on any atom is -0.376 e. The van der Waals surface area contributed by atoms with Crippen molar-refractivity contribution < 1.29 is 9.72 Å². The summed E-state index contributed by atoms with van der Waals surface area (Å²) in [5, 5.41) is 20.6. The number of aromatic nitrogens is 1. The van der Waals surface area contributed by atoms with E-state index in [1.807, 2.05) is 73.9 Å². The molecule has 4 rings (SSSR count). The molecule has 4 aromatic rings. The number of non-ortho nitro benzene ring substituents is 1. The maximum Gasteiger partial charge on any atom is 0.271 e. The van der Waals surface area contributed by atoms with Crippen molar-refractivity contribution in [3.05, 3.63) is 99.4 Å². The minimum absolute atomic E-state index is 0.0364. The van der Waals surface area contributed by atoms with Gasteiger partial charge in [0.15, 0.2) is 0 Å². The second-order valence-corrected chi connectivity index (χ2v) is 8.06. The van der Waals surface area contributed by atoms with Crippen molar-refractivity contribution in [2.24, 2.45) is 5.10 Å². The average Bonchev–Trinajstić information content (AvgIpc) is 3.10. The van der Waals surface area contributed by atoms with Crippen LogP contribution in [-0.4, -0.2) is 28.2 Å². The molecule has 0 unspecified atom stereocenters. The number of amides is 1. The highest BCUT2D eigenvalue weighted by Crippen LogP contribution is 2.26. The highest BCUT2D eigenvalue weighted by atomic mass is 16.6. The molecular weight excluding hydrogens is 430 g/mol. The number of hydrogen-bond donors (Lipinski definition) is 2. The molecule has 8 nitrogen and oxygen atoms in total. The van der Waals surface area contributed by atoms with Gasteiger partial charge in [-0.1, -0.05) is 42.5 Å². The van der Waals surface area contributed by atoms with Crippen molar-refractivity contribution in [3.63, 3.8) is 0 Å². The van der Waals surface area contributed by atoms with Gasteiger partial charge >= 0.3 is 0 Å². The number of carbonyl (C=O) groups excluding carboxylic acids is 1. The Labute approximate surface area is 197 Å². The summed E-state index contributed by atoms with van der Waals surface area (Å²) in [7, 11) is 0. The van der Waals surface area contributed by atoms with Gasteiger partial charge in [-0.3, -0.25) is 14.9 Å². The Balaban J connectivity index is 1.45. The fraction of sp³-hybridized carbons (Fsp3) is 0.154. The lowest BCUT2D eigenvalue weighted by atomic mass is 10.1. The molecule has 1 amide bonds. The number of rotatable bonds is 7. The Kier molecular flexibility index (Phi) is 6.40. The summed E-state index contributed by atoms with van der Waals surface area (Å²) in [6, 6.07) is 20.6. The van der Waals surface area contributed by atoms with Gasteiger partial charge in [-0.25, -0.2) is 5.43 Å². The zero-order valence-electron chi connectivity index (χ0n) is 19.2. The molecule has 3 aromatic carbocycles. The third-order valence-electron chi connectivity index (χ3n) is 5.74. The van der Waals surface area contributed by atoms with Gasteiger partial charge in [-0.15, -0.1) is 0 Å². The van der Waals surface area contributed by atoms with Crippen LogP contribution < -0.4 is 10.7 Å². The molecular formula is C26H25N5O3. The number of anilines is 1. The van der Waals surface area contributed by atoms with Crippen LogP contribution in [0.25, 0.3) is 16.5 Å². The fourth-order valence-electron chi connectivity index (χ4n) is 4.01. The third kappa shape index (κ3) is 4.66. The maximum absolute atomic E-state index is 12.3. The number of nitro benzene ring substituents is 1. The van der Waals surface area contributed by atoms with E-state index in [9.17, 15) is 14.9 Å². The quantitative estimate of drug-likeness (QED) is 0.232. The Bertz CT molecular complexity index is 1420. The molecule has 0 radical (unpaired) electrons. The van der Waals surface area contributed by atoms with Gasteiger partial charge in [-0.2, -0.15) is 5.10 Å². The van der Waals surface area contributed by atoms with Gasteiger partial charge in [0.2, 0.25) is 0 Å². The van der Waals surface area contributed by atoms with Gasteiger partial charge in [-0.05, 0) is 43.9 Å². The molecule has 0 saturated carbocycles. The molecule has 0 spiro atoms. The zero-order chi connectivity index (χ0) is 24.2. The van der Waals surface area contributed by atoms with E-state index in [2.05, 4.69) is 15.8 Å². The van der Waals surface area contributed by atoms with Crippen molar-refractivity contribution in [2.75, 3.05) is 11.9 Å². The van der Waals surface area contributed by atoms with Gasteiger partial charge in [0.25, 0.3) is 11.6 Å². The third-order valence-corrected chi connectivity index (χ3v) is 5.74. The lowest BCUT2D eigenvalue weighted by Crippen LogP contribution is -2.25. The average molecular weight is 456 g/mol. The number of fused-ring (bicyclic) bond motifs is 1. The smallest absolute Gasteiger partial charge is 0.271 e. The first kappa shape index (κ1) is 22.7. The Hall–Kier alpha value is -4.46. The molecule has 0 aliphatic heterocycles. The van der Waals surface area contributed by atoms with Crippen LogP contribution in [0.5, 0.6) is 0 Å². The van der Waals surface area contributed by atoms with E-state index >= 15 is 0 Å². The predicted octanol–water partition coefficient (Wildman–Crippen LogP) is 5.03. The molecule has 0 bridgehead atoms. The monoisotopic (exact) mass is 455 g/mol. The molecule has 8 heteroatoms. The standard InChI is InChI=1S/C26H25N5O3/c1-17-11-12-22(31(33)34)14-25(17)30-18(2)13-21(19(30)3)15-28-29-26(32)16-27-24-10-6-8-20-7-4-5-9-23(20)24/h4-15,27H,16H2,1-3H3,(H,29,32)/b28-15-. The Morgan fingerprint density at radius 3 is 2.62 bits per heavy atom. The maximum atomic E-state index is 12.3. The van der Waals surface area contributed by atoms with Crippen LogP contribution in [0.1, 0.15) is 22.5 Å². The van der Waals surface area contributed by atoms with Crippen LogP contribution in [0.15, 0.2) is 71.8 Å². The van der Waals surface area contributed by atoms with E-state index in [4.69, 9.17) is 0 Å². The lowest BCUT2D eigenvalue weighted by molar-refractivity contribution is -0.384. The van der Waals surface area contributed by atoms with E-state index in [-0.39, 0.29) is 18.1 Å². The molecule has 0 aliphatic rings. The van der Waals surface area contributed by atoms with Crippen LogP contribution >= 0.6 is 0 Å². The molecule has 0 atom stereocenters. The summed E-state index contributed by atoms with van der Waals surface area (Å²) in [5.41, 5.74) is 7.72. The van der Waals surface area contributed by atoms with E-state index in [0.29, 0.717) is 0 Å². The SMILES string of the molecule is Cc1ccc([N+](=O)[O-])cc1-n1c(C)cc(/C=N\NC(=O)CNc2cccc3ccccc23)c1C. The number of carbonyl (C=O) groups is 1. The summed E-state index contributed by atoms with van der Waals surface area (Å²) in [6.45, 7) is 5.83. The van der Waals surface area contributed by atoms with Crippen molar-refractivity contribution >= 4 is 34.3 Å². The lowest BCUT2D eigenvalue weighted by Gasteiger charge is -2.12. The summed E-state index contributed by atoms with van der Waals surface area (Å²) >= 11 is 0. The largest absolute Gasteiger partial charge is 0.376 e. The number of nitrogens with zero attached hydrogens (tertiary/aromatic N) is 3. The predicted molar refractivity (Wildman–Crippen MR) is 135 cm³/mol. The number of benzene rings is 3. The number of nitrogens with one attached hydrogen (secondary N) is 2. The van der Waals surface area contributed by atoms with E-state index in [1.165, 1.54) is 6.07 Å². The fourth-order valence-corrected chi connectivity index (χ4v) is 4.01. The second-order valence-electron chi connectivity index (χ2n) is 8.06. The van der Waals surface area contributed by atoms with Gasteiger partial charge < -0.3 is 9.88 Å². The molecule has 0 aliphatic carbocycles. The summed E-state index contributed by atoms with van der Waals surface area (Å²) in [4.78, 5) is 23.1. The Morgan fingerprint density at radius 1 is 1.06 bits per heavy atom. The van der Waals surface area contributed by atoms with Crippen molar-refractivity contribution in [1.82, 2.24) is 9.99 Å². The summed E-state index contributed by atoms with van der Waals surface area (Å²) in [6.07, 6.45) is 1.58. The first-order valence-corrected chi connectivity index (χ1v) is 10.8. The normalized spacial score (nSPS) is 11.1. The first-order valence-electron chi connectivity index (χ1n) is 10.8. The van der Waals surface area contributed by atoms with Crippen LogP contribution in [0, 0.1) is 30.9 Å². The molecule has 0 fully saturated rings. The van der Waals surface area contributed by atoms with Crippen LogP contribution in [0.2, 0.25) is 0 Å². The number of aryl methyl sites for hydroxylation is 2. The van der Waals surface area contributed by atoms with Crippen molar-refractivity contribution in [2.45, 2.75) is 20.8 Å². The van der Waals surface area contributed by atoms with Gasteiger partial charge in [0.05, 0.1) is 23.4 Å². The number of hydrazone groups is 1. The highest BCUT2D eigenvalue weighted by Gasteiger charge is 2.15. The summed E-state index contributed by atoms with van der Waals surface area (Å²) < 4.78 is 1.95. The van der Waals surface area contributed by atoms with E-state index in [1.54, 1.807) is 18.3 Å². The van der Waals surface area contributed by atoms with Gasteiger partial charge in [0, 0.05) is 40.2 Å². The van der Waals surface area contributed by atoms with Gasteiger partial charge in [0.1, 0.15) is 0 Å². The zero-order valence-corrected chi connectivity index (χ0v) is 19.2. The second kappa shape index (κ2) is 9.58. The Morgan fingerprint density at radius 2 is 1.82 bits per heavy atom. The molecule has 0 saturated heterocycles. The van der Waals surface area contributed by atoms with E-state index in [0.717, 1.165) is 44.7 Å². The minimum atomic E-state index is -0.401. The summed E-state index contributed by atoms with van der Waals surface area (Å²) in [5.74, 6) is -0.271. The first-order chi connectivity index (χ1) is 16.3. The van der Waals surface area contributed by atoms with Crippen molar-refractivity contribution in [3.8, 4) is 5.69 Å². The molecule has 2 N–H and O–H groups in total. The molecule has 172 valence electrons. The highest BCUT2D eigenvalue weighted by molar-refractivity contribution is 5.95. The van der Waals surface area contributed by atoms with Crippen LogP contribution in [-0.2, 0) is 4.79 Å². The van der Waals surface area contributed by atoms with E-state index < -0.39 is 4.92 Å². The number of hydrogen-bond acceptors (Lipinski definition) is 5. The molecule has 1 aromatic heterocycles. The van der Waals surface area contributed by atoms with Crippen LogP contribution in [0.3, 0.4) is 0 Å². The van der Waals surface area contributed by atoms with Crippen LogP contribution in [0.4, 0.5) is 11.4 Å². The topological polar surface area (TPSA) is 102 Å². The molecule has 1 heterocycles. The molecule has 34 heavy (non-hydrogen) atoms.